The monoisotopic (exact) mass is 268 g/mol. The molecule has 0 spiro atoms. The van der Waals surface area contributed by atoms with Crippen molar-refractivity contribution in [2.45, 2.75) is 47.5 Å². The number of hydrogen-bond acceptors (Lipinski definition) is 2. The summed E-state index contributed by atoms with van der Waals surface area (Å²) in [6.07, 6.45) is 2.60. The first-order valence-corrected chi connectivity index (χ1v) is 8.13. The largest absolute Gasteiger partial charge is 0.342 e. The number of amides is 1. The first-order chi connectivity index (χ1) is 9.11. The molecule has 3 heteroatoms. The van der Waals surface area contributed by atoms with Crippen molar-refractivity contribution in [1.82, 2.24) is 9.80 Å². The van der Waals surface area contributed by atoms with Crippen LogP contribution in [0.1, 0.15) is 47.5 Å². The van der Waals surface area contributed by atoms with Gasteiger partial charge >= 0.3 is 0 Å². The summed E-state index contributed by atoms with van der Waals surface area (Å²) in [7, 11) is 0. The average molecular weight is 268 g/mol. The number of likely N-dealkylation sites (tertiary alicyclic amines) is 2. The van der Waals surface area contributed by atoms with Crippen molar-refractivity contribution in [1.29, 1.82) is 0 Å². The van der Waals surface area contributed by atoms with Crippen molar-refractivity contribution in [3.05, 3.63) is 0 Å². The molecule has 112 valence electrons. The molecule has 0 N–H and O–H groups in total. The Balaban J connectivity index is 0.000000861. The molecule has 0 bridgehead atoms. The van der Waals surface area contributed by atoms with Gasteiger partial charge in [0.15, 0.2) is 0 Å². The highest BCUT2D eigenvalue weighted by molar-refractivity contribution is 5.78. The molecule has 2 saturated heterocycles. The van der Waals surface area contributed by atoms with E-state index in [4.69, 9.17) is 0 Å². The first kappa shape index (κ1) is 16.5. The molecule has 0 aliphatic carbocycles. The maximum atomic E-state index is 11.9. The van der Waals surface area contributed by atoms with Crippen LogP contribution >= 0.6 is 0 Å². The molecule has 0 saturated carbocycles. The molecule has 0 radical (unpaired) electrons. The molecule has 0 aromatic carbocycles. The summed E-state index contributed by atoms with van der Waals surface area (Å²) in [4.78, 5) is 16.6. The van der Waals surface area contributed by atoms with E-state index in [1.807, 2.05) is 27.7 Å². The van der Waals surface area contributed by atoms with Gasteiger partial charge in [-0.3, -0.25) is 4.79 Å². The zero-order valence-electron chi connectivity index (χ0n) is 13.5. The molecule has 0 aromatic rings. The smallest absolute Gasteiger partial charge is 0.225 e. The third-order valence-corrected chi connectivity index (χ3v) is 4.20. The van der Waals surface area contributed by atoms with E-state index in [9.17, 15) is 4.79 Å². The molecular formula is C16H32N2O. The maximum absolute atomic E-state index is 11.9. The molecule has 19 heavy (non-hydrogen) atoms. The quantitative estimate of drug-likeness (QED) is 0.783. The van der Waals surface area contributed by atoms with Gasteiger partial charge in [-0.05, 0) is 24.8 Å². The summed E-state index contributed by atoms with van der Waals surface area (Å²) in [5.74, 6) is 1.99. The number of hydrogen-bond donors (Lipinski definition) is 0. The fourth-order valence-electron chi connectivity index (χ4n) is 3.20. The molecule has 2 heterocycles. The number of rotatable bonds is 4. The number of carbonyl (C=O) groups is 1. The Labute approximate surface area is 119 Å². The van der Waals surface area contributed by atoms with E-state index in [-0.39, 0.29) is 5.92 Å². The molecular weight excluding hydrogens is 236 g/mol. The van der Waals surface area contributed by atoms with Crippen LogP contribution in [0.5, 0.6) is 0 Å². The van der Waals surface area contributed by atoms with Gasteiger partial charge in [0.2, 0.25) is 5.91 Å². The zero-order valence-corrected chi connectivity index (χ0v) is 13.5. The molecule has 2 atom stereocenters. The second-order valence-electron chi connectivity index (χ2n) is 6.03. The van der Waals surface area contributed by atoms with Crippen molar-refractivity contribution in [3.63, 3.8) is 0 Å². The van der Waals surface area contributed by atoms with Crippen LogP contribution in [0.4, 0.5) is 0 Å². The maximum Gasteiger partial charge on any atom is 0.225 e. The van der Waals surface area contributed by atoms with E-state index in [2.05, 4.69) is 16.7 Å². The Morgan fingerprint density at radius 2 is 1.63 bits per heavy atom. The van der Waals surface area contributed by atoms with Crippen LogP contribution in [-0.4, -0.2) is 48.4 Å². The van der Waals surface area contributed by atoms with Gasteiger partial charge in [-0.2, -0.15) is 0 Å². The van der Waals surface area contributed by atoms with E-state index < -0.39 is 0 Å². The Hall–Kier alpha value is -0.570. The third-order valence-electron chi connectivity index (χ3n) is 4.20. The number of fused-ring (bicyclic) bond motifs is 1. The van der Waals surface area contributed by atoms with Gasteiger partial charge in [-0.25, -0.2) is 0 Å². The van der Waals surface area contributed by atoms with E-state index in [0.29, 0.717) is 5.91 Å². The Bertz CT molecular complexity index is 264. The van der Waals surface area contributed by atoms with Crippen LogP contribution < -0.4 is 0 Å². The molecule has 2 aliphatic rings. The molecule has 2 unspecified atom stereocenters. The van der Waals surface area contributed by atoms with Crippen molar-refractivity contribution in [2.75, 3.05) is 32.7 Å². The molecule has 2 rings (SSSR count). The summed E-state index contributed by atoms with van der Waals surface area (Å²) in [6, 6.07) is 0. The minimum absolute atomic E-state index is 0.157. The standard InChI is InChI=1S/C14H26N2O.C2H6/c1-4-5-6-15-7-12-9-16(10-13(12)8-15)14(17)11(2)3;1-2/h11-13H,4-10H2,1-3H3;1-2H3. The summed E-state index contributed by atoms with van der Waals surface area (Å²) in [5, 5.41) is 0. The Kier molecular flexibility index (Phi) is 6.84. The first-order valence-electron chi connectivity index (χ1n) is 8.13. The number of nitrogens with zero attached hydrogens (tertiary/aromatic N) is 2. The van der Waals surface area contributed by atoms with Crippen molar-refractivity contribution in [2.24, 2.45) is 17.8 Å². The fourth-order valence-corrected chi connectivity index (χ4v) is 3.20. The van der Waals surface area contributed by atoms with Crippen LogP contribution in [0.2, 0.25) is 0 Å². The highest BCUT2D eigenvalue weighted by Gasteiger charge is 2.41. The lowest BCUT2D eigenvalue weighted by Gasteiger charge is -2.22. The lowest BCUT2D eigenvalue weighted by atomic mass is 10.0. The molecule has 3 nitrogen and oxygen atoms in total. The van der Waals surface area contributed by atoms with Crippen LogP contribution in [0.15, 0.2) is 0 Å². The number of unbranched alkanes of at least 4 members (excludes halogenated alkanes) is 1. The summed E-state index contributed by atoms with van der Waals surface area (Å²) in [6.45, 7) is 15.9. The van der Waals surface area contributed by atoms with Crippen LogP contribution in [0, 0.1) is 17.8 Å². The summed E-state index contributed by atoms with van der Waals surface area (Å²) < 4.78 is 0. The summed E-state index contributed by atoms with van der Waals surface area (Å²) >= 11 is 0. The van der Waals surface area contributed by atoms with Gasteiger partial charge in [-0.15, -0.1) is 0 Å². The van der Waals surface area contributed by atoms with E-state index >= 15 is 0 Å². The molecule has 0 aromatic heterocycles. The zero-order chi connectivity index (χ0) is 14.4. The topological polar surface area (TPSA) is 23.6 Å². The Morgan fingerprint density at radius 3 is 2.05 bits per heavy atom. The predicted octanol–water partition coefficient (Wildman–Crippen LogP) is 2.86. The Morgan fingerprint density at radius 1 is 1.11 bits per heavy atom. The third kappa shape index (κ3) is 4.20. The minimum Gasteiger partial charge on any atom is -0.342 e. The van der Waals surface area contributed by atoms with Crippen LogP contribution in [0.25, 0.3) is 0 Å². The second kappa shape index (κ2) is 7.88. The lowest BCUT2D eigenvalue weighted by molar-refractivity contribution is -0.133. The van der Waals surface area contributed by atoms with Gasteiger partial charge in [0.05, 0.1) is 0 Å². The molecule has 2 aliphatic heterocycles. The van der Waals surface area contributed by atoms with Crippen LogP contribution in [-0.2, 0) is 4.79 Å². The normalized spacial score (nSPS) is 26.3. The number of carbonyl (C=O) groups excluding carboxylic acids is 1. The second-order valence-corrected chi connectivity index (χ2v) is 6.03. The SMILES string of the molecule is CC.CCCCN1CC2CN(C(=O)C(C)C)CC2C1. The van der Waals surface area contributed by atoms with E-state index in [1.165, 1.54) is 32.5 Å². The molecule has 2 fully saturated rings. The van der Waals surface area contributed by atoms with Crippen molar-refractivity contribution in [3.8, 4) is 0 Å². The van der Waals surface area contributed by atoms with E-state index in [1.54, 1.807) is 0 Å². The summed E-state index contributed by atoms with van der Waals surface area (Å²) in [5.41, 5.74) is 0. The van der Waals surface area contributed by atoms with Gasteiger partial charge < -0.3 is 9.80 Å². The average Bonchev–Trinajstić information content (AvgIpc) is 2.95. The lowest BCUT2D eigenvalue weighted by Crippen LogP contribution is -2.35. The van der Waals surface area contributed by atoms with Crippen molar-refractivity contribution < 1.29 is 4.79 Å². The fraction of sp³-hybridized carbons (Fsp3) is 0.938. The highest BCUT2D eigenvalue weighted by atomic mass is 16.2. The van der Waals surface area contributed by atoms with Gasteiger partial charge in [0.1, 0.15) is 0 Å². The minimum atomic E-state index is 0.157. The van der Waals surface area contributed by atoms with Crippen molar-refractivity contribution >= 4 is 5.91 Å². The highest BCUT2D eigenvalue weighted by Crippen LogP contribution is 2.31. The molecule has 1 amide bonds. The van der Waals surface area contributed by atoms with Gasteiger partial charge in [0.25, 0.3) is 0 Å². The van der Waals surface area contributed by atoms with Gasteiger partial charge in [0, 0.05) is 32.1 Å². The predicted molar refractivity (Wildman–Crippen MR) is 81.1 cm³/mol. The van der Waals surface area contributed by atoms with Crippen LogP contribution in [0.3, 0.4) is 0 Å². The van der Waals surface area contributed by atoms with E-state index in [0.717, 1.165) is 24.9 Å². The van der Waals surface area contributed by atoms with Gasteiger partial charge in [-0.1, -0.05) is 41.0 Å².